The zero-order valence-electron chi connectivity index (χ0n) is 11.7. The number of hydrogen-bond acceptors (Lipinski definition) is 2. The molecule has 1 atom stereocenters. The first-order chi connectivity index (χ1) is 9.17. The fourth-order valence-electron chi connectivity index (χ4n) is 2.32. The molecule has 0 aliphatic heterocycles. The summed E-state index contributed by atoms with van der Waals surface area (Å²) in [4.78, 5) is 4.37. The lowest BCUT2D eigenvalue weighted by Crippen LogP contribution is -2.19. The average molecular weight is 261 g/mol. The van der Waals surface area contributed by atoms with Gasteiger partial charge in [-0.25, -0.2) is 9.37 Å². The molecule has 1 unspecified atom stereocenters. The van der Waals surface area contributed by atoms with Crippen molar-refractivity contribution in [2.75, 3.05) is 6.54 Å². The highest BCUT2D eigenvalue weighted by Gasteiger charge is 2.15. The quantitative estimate of drug-likeness (QED) is 0.894. The molecule has 0 bridgehead atoms. The van der Waals surface area contributed by atoms with E-state index >= 15 is 0 Å². The number of rotatable bonds is 5. The normalized spacial score (nSPS) is 12.6. The minimum atomic E-state index is -0.229. The van der Waals surface area contributed by atoms with Gasteiger partial charge in [0.05, 0.1) is 0 Å². The van der Waals surface area contributed by atoms with E-state index in [1.807, 2.05) is 16.8 Å². The number of aryl methyl sites for hydroxylation is 1. The SMILES string of the molecule is CCNC(C)c1ccc(F)cc1-c1nccn1CC. The molecule has 1 N–H and O–H groups in total. The minimum absolute atomic E-state index is 0.169. The zero-order chi connectivity index (χ0) is 13.8. The van der Waals surface area contributed by atoms with Crippen LogP contribution in [0.25, 0.3) is 11.4 Å². The molecule has 0 radical (unpaired) electrons. The van der Waals surface area contributed by atoms with Crippen LogP contribution >= 0.6 is 0 Å². The Morgan fingerprint density at radius 2 is 2.16 bits per heavy atom. The van der Waals surface area contributed by atoms with Crippen LogP contribution in [0.5, 0.6) is 0 Å². The second-order valence-electron chi connectivity index (χ2n) is 4.55. The van der Waals surface area contributed by atoms with E-state index in [1.54, 1.807) is 12.3 Å². The summed E-state index contributed by atoms with van der Waals surface area (Å²) in [6.45, 7) is 7.89. The summed E-state index contributed by atoms with van der Waals surface area (Å²) in [6.07, 6.45) is 3.67. The first kappa shape index (κ1) is 13.7. The lowest BCUT2D eigenvalue weighted by Gasteiger charge is -2.17. The summed E-state index contributed by atoms with van der Waals surface area (Å²) in [7, 11) is 0. The third kappa shape index (κ3) is 2.84. The van der Waals surface area contributed by atoms with E-state index in [1.165, 1.54) is 6.07 Å². The highest BCUT2D eigenvalue weighted by atomic mass is 19.1. The number of halogens is 1. The second-order valence-corrected chi connectivity index (χ2v) is 4.55. The summed E-state index contributed by atoms with van der Waals surface area (Å²) < 4.78 is 15.6. The van der Waals surface area contributed by atoms with Crippen LogP contribution in [0.3, 0.4) is 0 Å². The van der Waals surface area contributed by atoms with Gasteiger partial charge in [0, 0.05) is 30.5 Å². The number of hydrogen-bond donors (Lipinski definition) is 1. The Hall–Kier alpha value is -1.68. The monoisotopic (exact) mass is 261 g/mol. The molecule has 3 nitrogen and oxygen atoms in total. The van der Waals surface area contributed by atoms with Crippen molar-refractivity contribution in [2.45, 2.75) is 33.4 Å². The molecule has 0 saturated carbocycles. The third-order valence-electron chi connectivity index (χ3n) is 3.29. The van der Waals surface area contributed by atoms with E-state index < -0.39 is 0 Å². The van der Waals surface area contributed by atoms with E-state index in [9.17, 15) is 4.39 Å². The Kier molecular flexibility index (Phi) is 4.32. The van der Waals surface area contributed by atoms with Gasteiger partial charge in [-0.15, -0.1) is 0 Å². The van der Waals surface area contributed by atoms with Gasteiger partial charge in [0.15, 0.2) is 0 Å². The molecule has 102 valence electrons. The molecule has 4 heteroatoms. The van der Waals surface area contributed by atoms with Crippen LogP contribution in [0.4, 0.5) is 4.39 Å². The number of imidazole rings is 1. The van der Waals surface area contributed by atoms with Crippen molar-refractivity contribution < 1.29 is 4.39 Å². The van der Waals surface area contributed by atoms with Gasteiger partial charge in [0.25, 0.3) is 0 Å². The molecule has 2 rings (SSSR count). The van der Waals surface area contributed by atoms with Crippen molar-refractivity contribution >= 4 is 0 Å². The van der Waals surface area contributed by atoms with Gasteiger partial charge < -0.3 is 9.88 Å². The van der Waals surface area contributed by atoms with Crippen molar-refractivity contribution in [2.24, 2.45) is 0 Å². The first-order valence-electron chi connectivity index (χ1n) is 6.71. The summed E-state index contributed by atoms with van der Waals surface area (Å²) in [6, 6.07) is 5.08. The van der Waals surface area contributed by atoms with Gasteiger partial charge in [-0.05, 0) is 38.1 Å². The van der Waals surface area contributed by atoms with Crippen molar-refractivity contribution in [3.63, 3.8) is 0 Å². The first-order valence-corrected chi connectivity index (χ1v) is 6.71. The Labute approximate surface area is 113 Å². The minimum Gasteiger partial charge on any atom is -0.331 e. The van der Waals surface area contributed by atoms with Gasteiger partial charge in [-0.3, -0.25) is 0 Å². The fourth-order valence-corrected chi connectivity index (χ4v) is 2.32. The maximum atomic E-state index is 13.6. The van der Waals surface area contributed by atoms with Crippen molar-refractivity contribution in [3.8, 4) is 11.4 Å². The van der Waals surface area contributed by atoms with Gasteiger partial charge in [-0.2, -0.15) is 0 Å². The number of nitrogens with one attached hydrogen (secondary N) is 1. The highest BCUT2D eigenvalue weighted by Crippen LogP contribution is 2.28. The van der Waals surface area contributed by atoms with Gasteiger partial charge >= 0.3 is 0 Å². The maximum absolute atomic E-state index is 13.6. The molecule has 2 aromatic rings. The van der Waals surface area contributed by atoms with Crippen LogP contribution in [0.2, 0.25) is 0 Å². The molecule has 0 fully saturated rings. The van der Waals surface area contributed by atoms with Gasteiger partial charge in [0.1, 0.15) is 11.6 Å². The van der Waals surface area contributed by atoms with Gasteiger partial charge in [0.2, 0.25) is 0 Å². The molecule has 0 aliphatic rings. The molecule has 0 aliphatic carbocycles. The number of benzene rings is 1. The molecule has 19 heavy (non-hydrogen) atoms. The molecule has 0 amide bonds. The van der Waals surface area contributed by atoms with E-state index in [4.69, 9.17) is 0 Å². The summed E-state index contributed by atoms with van der Waals surface area (Å²) in [5, 5.41) is 3.36. The molecule has 1 aromatic carbocycles. The Balaban J connectivity index is 2.51. The van der Waals surface area contributed by atoms with Crippen LogP contribution < -0.4 is 5.32 Å². The molecule has 1 aromatic heterocycles. The zero-order valence-corrected chi connectivity index (χ0v) is 11.7. The van der Waals surface area contributed by atoms with E-state index in [-0.39, 0.29) is 11.9 Å². The van der Waals surface area contributed by atoms with Crippen LogP contribution in [0.1, 0.15) is 32.4 Å². The van der Waals surface area contributed by atoms with Crippen LogP contribution in [-0.4, -0.2) is 16.1 Å². The van der Waals surface area contributed by atoms with Crippen molar-refractivity contribution in [1.82, 2.24) is 14.9 Å². The van der Waals surface area contributed by atoms with E-state index in [2.05, 4.69) is 31.1 Å². The molecular weight excluding hydrogens is 241 g/mol. The highest BCUT2D eigenvalue weighted by molar-refractivity contribution is 5.61. The number of aromatic nitrogens is 2. The van der Waals surface area contributed by atoms with Crippen LogP contribution in [-0.2, 0) is 6.54 Å². The lowest BCUT2D eigenvalue weighted by molar-refractivity contribution is 0.592. The third-order valence-corrected chi connectivity index (χ3v) is 3.29. The van der Waals surface area contributed by atoms with Crippen molar-refractivity contribution in [1.29, 1.82) is 0 Å². The topological polar surface area (TPSA) is 29.9 Å². The molecular formula is C15H20FN3. The number of nitrogens with zero attached hydrogens (tertiary/aromatic N) is 2. The smallest absolute Gasteiger partial charge is 0.140 e. The summed E-state index contributed by atoms with van der Waals surface area (Å²) in [5.74, 6) is 0.592. The molecule has 0 spiro atoms. The summed E-state index contributed by atoms with van der Waals surface area (Å²) >= 11 is 0. The lowest BCUT2D eigenvalue weighted by atomic mass is 10.0. The van der Waals surface area contributed by atoms with Crippen molar-refractivity contribution in [3.05, 3.63) is 42.0 Å². The fraction of sp³-hybridized carbons (Fsp3) is 0.400. The predicted molar refractivity (Wildman–Crippen MR) is 75.4 cm³/mol. The van der Waals surface area contributed by atoms with E-state index in [0.717, 1.165) is 30.0 Å². The largest absolute Gasteiger partial charge is 0.331 e. The summed E-state index contributed by atoms with van der Waals surface area (Å²) in [5.41, 5.74) is 1.93. The second kappa shape index (κ2) is 5.97. The van der Waals surface area contributed by atoms with Gasteiger partial charge in [-0.1, -0.05) is 13.0 Å². The predicted octanol–water partition coefficient (Wildman–Crippen LogP) is 3.38. The molecule has 1 heterocycles. The Bertz CT molecular complexity index is 548. The molecule has 0 saturated heterocycles. The maximum Gasteiger partial charge on any atom is 0.140 e. The standard InChI is InChI=1S/C15H20FN3/c1-4-17-11(3)13-7-6-12(16)10-14(13)15-18-8-9-19(15)5-2/h6-11,17H,4-5H2,1-3H3. The van der Waals surface area contributed by atoms with E-state index in [0.29, 0.717) is 0 Å². The average Bonchev–Trinajstić information content (AvgIpc) is 2.86. The van der Waals surface area contributed by atoms with Crippen LogP contribution in [0, 0.1) is 5.82 Å². The Morgan fingerprint density at radius 3 is 2.84 bits per heavy atom. The van der Waals surface area contributed by atoms with Crippen LogP contribution in [0.15, 0.2) is 30.6 Å². The Morgan fingerprint density at radius 1 is 1.37 bits per heavy atom.